The highest BCUT2D eigenvalue weighted by Gasteiger charge is 2.09. The molecule has 0 saturated heterocycles. The third-order valence-electron chi connectivity index (χ3n) is 3.12. The van der Waals surface area contributed by atoms with Crippen molar-refractivity contribution in [1.29, 1.82) is 0 Å². The van der Waals surface area contributed by atoms with E-state index >= 15 is 0 Å². The van der Waals surface area contributed by atoms with Gasteiger partial charge >= 0.3 is 0 Å². The fourth-order valence-corrected chi connectivity index (χ4v) is 2.94. The molecule has 0 saturated carbocycles. The van der Waals surface area contributed by atoms with Gasteiger partial charge in [0, 0.05) is 16.0 Å². The normalized spacial score (nSPS) is 14.9. The van der Waals surface area contributed by atoms with Crippen LogP contribution in [0, 0.1) is 5.41 Å². The van der Waals surface area contributed by atoms with E-state index in [2.05, 4.69) is 74.6 Å². The third-order valence-corrected chi connectivity index (χ3v) is 4.66. The van der Waals surface area contributed by atoms with E-state index in [4.69, 9.17) is 0 Å². The predicted molar refractivity (Wildman–Crippen MR) is 117 cm³/mol. The van der Waals surface area contributed by atoms with E-state index < -0.39 is 0 Å². The van der Waals surface area contributed by atoms with Crippen LogP contribution in [0.1, 0.15) is 54.4 Å². The number of nitrogens with zero attached hydrogens (tertiary/aromatic N) is 2. The fraction of sp³-hybridized carbons (Fsp3) is 0.500. The Labute approximate surface area is 157 Å². The number of hydrogen-bond donors (Lipinski definition) is 0. The van der Waals surface area contributed by atoms with Gasteiger partial charge in [-0.25, -0.2) is 9.98 Å². The second-order valence-electron chi connectivity index (χ2n) is 6.04. The third kappa shape index (κ3) is 10.7. The Hall–Kier alpha value is -1.00. The van der Waals surface area contributed by atoms with E-state index in [-0.39, 0.29) is 5.41 Å². The van der Waals surface area contributed by atoms with Crippen LogP contribution in [0.3, 0.4) is 0 Å². The van der Waals surface area contributed by atoms with Gasteiger partial charge in [0.2, 0.25) is 0 Å². The van der Waals surface area contributed by atoms with Crippen molar-refractivity contribution in [1.82, 2.24) is 0 Å². The number of amidine groups is 1. The Balaban J connectivity index is 5.38. The molecule has 0 fully saturated rings. The zero-order chi connectivity index (χ0) is 18.6. The lowest BCUT2D eigenvalue weighted by Crippen LogP contribution is -2.02. The molecular formula is C20H32N2S2. The Morgan fingerprint density at radius 2 is 1.83 bits per heavy atom. The van der Waals surface area contributed by atoms with E-state index in [9.17, 15) is 0 Å². The quantitative estimate of drug-likeness (QED) is 0.196. The highest BCUT2D eigenvalue weighted by Crippen LogP contribution is 2.26. The molecule has 0 aromatic rings. The average molecular weight is 365 g/mol. The summed E-state index contributed by atoms with van der Waals surface area (Å²) in [5.74, 6) is 0. The van der Waals surface area contributed by atoms with E-state index in [1.807, 2.05) is 20.1 Å². The minimum Gasteiger partial charge on any atom is -0.232 e. The first-order valence-electron chi connectivity index (χ1n) is 8.31. The smallest absolute Gasteiger partial charge is 0.193 e. The largest absolute Gasteiger partial charge is 0.232 e. The van der Waals surface area contributed by atoms with Crippen molar-refractivity contribution in [2.24, 2.45) is 15.4 Å². The van der Waals surface area contributed by atoms with Gasteiger partial charge in [0.15, 0.2) is 5.17 Å². The Morgan fingerprint density at radius 1 is 1.17 bits per heavy atom. The van der Waals surface area contributed by atoms with Crippen LogP contribution in [0.5, 0.6) is 0 Å². The van der Waals surface area contributed by atoms with Crippen molar-refractivity contribution >= 4 is 34.4 Å². The van der Waals surface area contributed by atoms with Crippen molar-refractivity contribution in [3.8, 4) is 0 Å². The minimum absolute atomic E-state index is 0.0329. The molecule has 0 aliphatic heterocycles. The van der Waals surface area contributed by atoms with Crippen molar-refractivity contribution in [3.05, 3.63) is 46.9 Å². The molecule has 0 spiro atoms. The molecule has 0 unspecified atom stereocenters. The molecule has 0 radical (unpaired) electrons. The summed E-state index contributed by atoms with van der Waals surface area (Å²) in [7, 11) is 0. The van der Waals surface area contributed by atoms with Crippen molar-refractivity contribution < 1.29 is 0 Å². The fourth-order valence-electron chi connectivity index (χ4n) is 1.88. The lowest BCUT2D eigenvalue weighted by atomic mass is 9.92. The van der Waals surface area contributed by atoms with Gasteiger partial charge in [-0.2, -0.15) is 0 Å². The lowest BCUT2D eigenvalue weighted by molar-refractivity contribution is 0.625. The number of thioether (sulfide) groups is 2. The monoisotopic (exact) mass is 364 g/mol. The molecule has 0 amide bonds. The molecule has 0 aliphatic carbocycles. The highest BCUT2D eigenvalue weighted by atomic mass is 32.2. The minimum atomic E-state index is 0.0329. The van der Waals surface area contributed by atoms with Crippen LogP contribution in [-0.4, -0.2) is 17.1 Å². The molecule has 0 heterocycles. The van der Waals surface area contributed by atoms with Gasteiger partial charge in [-0.15, -0.1) is 11.8 Å². The molecule has 0 atom stereocenters. The predicted octanol–water partition coefficient (Wildman–Crippen LogP) is 7.23. The van der Waals surface area contributed by atoms with Gasteiger partial charge in [-0.3, -0.25) is 0 Å². The van der Waals surface area contributed by atoms with E-state index in [1.54, 1.807) is 23.5 Å². The summed E-state index contributed by atoms with van der Waals surface area (Å²) in [6.45, 7) is 16.6. The van der Waals surface area contributed by atoms with Gasteiger partial charge in [0.25, 0.3) is 0 Å². The summed E-state index contributed by atoms with van der Waals surface area (Å²) < 4.78 is 0. The molecule has 0 N–H and O–H groups in total. The van der Waals surface area contributed by atoms with Crippen molar-refractivity contribution in [2.75, 3.05) is 6.26 Å². The van der Waals surface area contributed by atoms with Gasteiger partial charge in [-0.1, -0.05) is 75.9 Å². The maximum Gasteiger partial charge on any atom is 0.193 e. The van der Waals surface area contributed by atoms with Crippen LogP contribution in [0.4, 0.5) is 0 Å². The van der Waals surface area contributed by atoms with E-state index in [0.29, 0.717) is 0 Å². The summed E-state index contributed by atoms with van der Waals surface area (Å²) in [6.07, 6.45) is 14.8. The van der Waals surface area contributed by atoms with Crippen molar-refractivity contribution in [2.45, 2.75) is 54.4 Å². The number of aliphatic imine (C=N–C) groups is 2. The zero-order valence-electron chi connectivity index (χ0n) is 16.2. The van der Waals surface area contributed by atoms with Gasteiger partial charge in [0.1, 0.15) is 0 Å². The Kier molecular flexibility index (Phi) is 11.9. The maximum atomic E-state index is 4.69. The van der Waals surface area contributed by atoms with Gasteiger partial charge in [0.05, 0.1) is 5.03 Å². The summed E-state index contributed by atoms with van der Waals surface area (Å²) >= 11 is 3.13. The molecule has 0 aromatic carbocycles. The molecule has 0 aromatic heterocycles. The topological polar surface area (TPSA) is 24.7 Å². The number of allylic oxidation sites excluding steroid dienone is 5. The molecule has 24 heavy (non-hydrogen) atoms. The zero-order valence-corrected chi connectivity index (χ0v) is 17.9. The maximum absolute atomic E-state index is 4.69. The number of rotatable bonds is 8. The van der Waals surface area contributed by atoms with Crippen LogP contribution in [0.25, 0.3) is 0 Å². The SMILES string of the molecule is C=C(/N=C(\N=C(/C)CCC)SC(/C=C\C(C)(C)/C=C\C)=C/C)SC. The molecule has 4 heteroatoms. The first kappa shape index (κ1) is 23.0. The Bertz CT molecular complexity index is 550. The first-order valence-corrected chi connectivity index (χ1v) is 10.3. The summed E-state index contributed by atoms with van der Waals surface area (Å²) in [5, 5.41) is 1.53. The number of hydrogen-bond acceptors (Lipinski definition) is 3. The van der Waals surface area contributed by atoms with Crippen LogP contribution < -0.4 is 0 Å². The highest BCUT2D eigenvalue weighted by molar-refractivity contribution is 8.17. The second-order valence-corrected chi connectivity index (χ2v) is 7.96. The second kappa shape index (κ2) is 12.4. The average Bonchev–Trinajstić information content (AvgIpc) is 2.51. The summed E-state index contributed by atoms with van der Waals surface area (Å²) in [5.41, 5.74) is 1.14. The van der Waals surface area contributed by atoms with Crippen LogP contribution in [-0.2, 0) is 0 Å². The molecule has 0 rings (SSSR count). The molecular weight excluding hydrogens is 332 g/mol. The van der Waals surface area contributed by atoms with Crippen molar-refractivity contribution in [3.63, 3.8) is 0 Å². The van der Waals surface area contributed by atoms with Gasteiger partial charge < -0.3 is 0 Å². The molecule has 0 aliphatic rings. The molecule has 2 nitrogen and oxygen atoms in total. The standard InChI is InChI=1S/C20H32N2S2/c1-9-12-16(4)21-19(22-17(5)23-8)24-18(11-3)13-15-20(6,7)14-10-2/h10-11,13-15H,5,9,12H2,1-4,6-8H3/b14-10-,15-13-,18-11+,21-16+,22-19+. The molecule has 134 valence electrons. The lowest BCUT2D eigenvalue weighted by Gasteiger charge is -2.14. The summed E-state index contributed by atoms with van der Waals surface area (Å²) in [4.78, 5) is 10.4. The van der Waals surface area contributed by atoms with Crippen LogP contribution in [0.2, 0.25) is 0 Å². The van der Waals surface area contributed by atoms with E-state index in [0.717, 1.165) is 33.7 Å². The van der Waals surface area contributed by atoms with Crippen LogP contribution in [0.15, 0.2) is 56.9 Å². The van der Waals surface area contributed by atoms with E-state index in [1.165, 1.54) is 0 Å². The first-order chi connectivity index (χ1) is 11.3. The van der Waals surface area contributed by atoms with Crippen LogP contribution >= 0.6 is 23.5 Å². The Morgan fingerprint density at radius 3 is 2.33 bits per heavy atom. The molecule has 0 bridgehead atoms. The van der Waals surface area contributed by atoms with Gasteiger partial charge in [-0.05, 0) is 33.4 Å². The summed E-state index contributed by atoms with van der Waals surface area (Å²) in [6, 6.07) is 0.